The molecule has 0 aliphatic carbocycles. The minimum atomic E-state index is -0.728. The van der Waals surface area contributed by atoms with Crippen molar-refractivity contribution in [1.82, 2.24) is 10.6 Å². The molecule has 2 fully saturated rings. The molecule has 2 N–H and O–H groups in total. The molecule has 2 unspecified atom stereocenters. The Morgan fingerprint density at radius 2 is 1.86 bits per heavy atom. The first-order valence-corrected chi connectivity index (χ1v) is 4.81. The number of imide groups is 1. The van der Waals surface area contributed by atoms with Crippen molar-refractivity contribution < 1.29 is 14.3 Å². The lowest BCUT2D eigenvalue weighted by molar-refractivity contribution is -0.133. The quantitative estimate of drug-likeness (QED) is 0.544. The molecular weight excluding hydrogens is 184 g/mol. The molecule has 2 atom stereocenters. The topological polar surface area (TPSA) is 67.4 Å². The summed E-state index contributed by atoms with van der Waals surface area (Å²) in [4.78, 5) is 22.7. The van der Waals surface area contributed by atoms with Crippen LogP contribution >= 0.6 is 0 Å². The second kappa shape index (κ2) is 2.95. The van der Waals surface area contributed by atoms with Crippen LogP contribution in [0.4, 0.5) is 4.79 Å². The van der Waals surface area contributed by atoms with Crippen LogP contribution < -0.4 is 10.6 Å². The van der Waals surface area contributed by atoms with Gasteiger partial charge in [-0.3, -0.25) is 10.1 Å². The van der Waals surface area contributed by atoms with Crippen LogP contribution in [0.25, 0.3) is 0 Å². The van der Waals surface area contributed by atoms with Crippen molar-refractivity contribution in [3.63, 3.8) is 0 Å². The Hall–Kier alpha value is -1.10. The molecule has 2 saturated heterocycles. The van der Waals surface area contributed by atoms with Crippen molar-refractivity contribution in [2.75, 3.05) is 0 Å². The highest BCUT2D eigenvalue weighted by Crippen LogP contribution is 2.30. The summed E-state index contributed by atoms with van der Waals surface area (Å²) in [6.45, 7) is 3.82. The van der Waals surface area contributed by atoms with Gasteiger partial charge in [0.15, 0.2) is 0 Å². The van der Waals surface area contributed by atoms with E-state index in [2.05, 4.69) is 10.6 Å². The van der Waals surface area contributed by atoms with E-state index in [-0.39, 0.29) is 18.1 Å². The van der Waals surface area contributed by atoms with Crippen molar-refractivity contribution in [2.45, 2.75) is 44.4 Å². The van der Waals surface area contributed by atoms with Crippen LogP contribution in [0.2, 0.25) is 0 Å². The van der Waals surface area contributed by atoms with E-state index in [0.717, 1.165) is 0 Å². The lowest BCUT2D eigenvalue weighted by atomic mass is 9.84. The van der Waals surface area contributed by atoms with Gasteiger partial charge in [-0.2, -0.15) is 0 Å². The largest absolute Gasteiger partial charge is 0.375 e. The third-order valence-corrected chi connectivity index (χ3v) is 2.75. The van der Waals surface area contributed by atoms with Gasteiger partial charge in [-0.1, -0.05) is 0 Å². The van der Waals surface area contributed by atoms with E-state index in [9.17, 15) is 9.59 Å². The summed E-state index contributed by atoms with van der Waals surface area (Å²) >= 11 is 0. The number of amides is 3. The van der Waals surface area contributed by atoms with Crippen LogP contribution in [0.15, 0.2) is 0 Å². The van der Waals surface area contributed by atoms with E-state index < -0.39 is 11.6 Å². The number of rotatable bonds is 0. The lowest BCUT2D eigenvalue weighted by Gasteiger charge is -2.37. The van der Waals surface area contributed by atoms with Crippen molar-refractivity contribution in [3.8, 4) is 0 Å². The average Bonchev–Trinajstić information content (AvgIpc) is 2.23. The molecule has 2 aliphatic rings. The molecule has 0 saturated carbocycles. The fraction of sp³-hybridized carbons (Fsp3) is 0.778. The molecule has 0 aromatic rings. The van der Waals surface area contributed by atoms with E-state index >= 15 is 0 Å². The number of urea groups is 1. The molecule has 1 spiro atoms. The smallest absolute Gasteiger partial charge is 0.322 e. The summed E-state index contributed by atoms with van der Waals surface area (Å²) < 4.78 is 5.53. The second-order valence-electron chi connectivity index (χ2n) is 4.16. The predicted octanol–water partition coefficient (Wildman–Crippen LogP) is 0.152. The summed E-state index contributed by atoms with van der Waals surface area (Å²) in [5.74, 6) is -0.218. The summed E-state index contributed by atoms with van der Waals surface area (Å²) in [6, 6.07) is -0.392. The first kappa shape index (κ1) is 9.45. The number of hydrogen-bond acceptors (Lipinski definition) is 3. The molecular formula is C9H14N2O3. The van der Waals surface area contributed by atoms with Crippen LogP contribution in [-0.2, 0) is 9.53 Å². The first-order chi connectivity index (χ1) is 6.52. The molecule has 3 amide bonds. The number of ether oxygens (including phenoxy) is 1. The first-order valence-electron chi connectivity index (χ1n) is 4.81. The monoisotopic (exact) mass is 198 g/mol. The molecule has 5 heteroatoms. The van der Waals surface area contributed by atoms with Crippen LogP contribution in [0, 0.1) is 0 Å². The number of hydrogen-bond donors (Lipinski definition) is 2. The van der Waals surface area contributed by atoms with Gasteiger partial charge >= 0.3 is 6.03 Å². The average molecular weight is 198 g/mol. The standard InChI is InChI=1S/C9H14N2O3/c1-5-3-9(4-6(2)14-5)7(12)10-8(13)11-9/h5-6H,3-4H2,1-2H3,(H2,10,11,12,13). The van der Waals surface area contributed by atoms with E-state index in [4.69, 9.17) is 4.74 Å². The lowest BCUT2D eigenvalue weighted by Crippen LogP contribution is -2.54. The Kier molecular flexibility index (Phi) is 1.99. The zero-order chi connectivity index (χ0) is 10.3. The van der Waals surface area contributed by atoms with Gasteiger partial charge in [0.1, 0.15) is 5.54 Å². The Bertz CT molecular complexity index is 280. The Morgan fingerprint density at radius 3 is 2.29 bits per heavy atom. The van der Waals surface area contributed by atoms with Crippen molar-refractivity contribution in [1.29, 1.82) is 0 Å². The fourth-order valence-corrected chi connectivity index (χ4v) is 2.37. The third kappa shape index (κ3) is 1.37. The van der Waals surface area contributed by atoms with Gasteiger partial charge in [0.05, 0.1) is 12.2 Å². The summed E-state index contributed by atoms with van der Waals surface area (Å²) in [5.41, 5.74) is -0.728. The molecule has 5 nitrogen and oxygen atoms in total. The summed E-state index contributed by atoms with van der Waals surface area (Å²) in [6.07, 6.45) is 1.11. The number of nitrogens with one attached hydrogen (secondary N) is 2. The van der Waals surface area contributed by atoms with Gasteiger partial charge in [-0.15, -0.1) is 0 Å². The number of carbonyl (C=O) groups excluding carboxylic acids is 2. The van der Waals surface area contributed by atoms with Crippen molar-refractivity contribution in [3.05, 3.63) is 0 Å². The molecule has 2 heterocycles. The Labute approximate surface area is 82.2 Å². The molecule has 0 aromatic heterocycles. The molecule has 2 aliphatic heterocycles. The summed E-state index contributed by atoms with van der Waals surface area (Å²) in [7, 11) is 0. The zero-order valence-electron chi connectivity index (χ0n) is 8.29. The van der Waals surface area contributed by atoms with Crippen LogP contribution in [0.1, 0.15) is 26.7 Å². The van der Waals surface area contributed by atoms with Crippen molar-refractivity contribution in [2.24, 2.45) is 0 Å². The van der Waals surface area contributed by atoms with Gasteiger partial charge in [-0.25, -0.2) is 4.79 Å². The fourth-order valence-electron chi connectivity index (χ4n) is 2.37. The van der Waals surface area contributed by atoms with Gasteiger partial charge < -0.3 is 10.1 Å². The van der Waals surface area contributed by atoms with E-state index in [1.54, 1.807) is 0 Å². The minimum absolute atomic E-state index is 0.00269. The maximum atomic E-state index is 11.6. The Balaban J connectivity index is 2.22. The number of carbonyl (C=O) groups is 2. The normalized spacial score (nSPS) is 42.4. The van der Waals surface area contributed by atoms with Crippen molar-refractivity contribution >= 4 is 11.9 Å². The molecule has 0 radical (unpaired) electrons. The van der Waals surface area contributed by atoms with Crippen LogP contribution in [0.5, 0.6) is 0 Å². The van der Waals surface area contributed by atoms with Gasteiger partial charge in [0, 0.05) is 12.8 Å². The highest BCUT2D eigenvalue weighted by atomic mass is 16.5. The predicted molar refractivity (Wildman–Crippen MR) is 48.6 cm³/mol. The zero-order valence-corrected chi connectivity index (χ0v) is 8.29. The van der Waals surface area contributed by atoms with Gasteiger partial charge in [0.2, 0.25) is 0 Å². The van der Waals surface area contributed by atoms with Crippen LogP contribution in [0.3, 0.4) is 0 Å². The SMILES string of the molecule is CC1CC2(CC(C)O1)NC(=O)NC2=O. The Morgan fingerprint density at radius 1 is 1.29 bits per heavy atom. The highest BCUT2D eigenvalue weighted by molar-refractivity contribution is 6.07. The molecule has 2 rings (SSSR count). The maximum Gasteiger partial charge on any atom is 0.322 e. The molecule has 0 aromatic carbocycles. The summed E-state index contributed by atoms with van der Waals surface area (Å²) in [5, 5.41) is 4.97. The van der Waals surface area contributed by atoms with E-state index in [1.807, 2.05) is 13.8 Å². The van der Waals surface area contributed by atoms with Crippen LogP contribution in [-0.4, -0.2) is 29.7 Å². The molecule has 0 bridgehead atoms. The second-order valence-corrected chi connectivity index (χ2v) is 4.16. The van der Waals surface area contributed by atoms with E-state index in [0.29, 0.717) is 12.8 Å². The molecule has 14 heavy (non-hydrogen) atoms. The van der Waals surface area contributed by atoms with Gasteiger partial charge in [0.25, 0.3) is 5.91 Å². The maximum absolute atomic E-state index is 11.6. The van der Waals surface area contributed by atoms with E-state index in [1.165, 1.54) is 0 Å². The third-order valence-electron chi connectivity index (χ3n) is 2.75. The highest BCUT2D eigenvalue weighted by Gasteiger charge is 2.50. The minimum Gasteiger partial charge on any atom is -0.375 e. The van der Waals surface area contributed by atoms with Gasteiger partial charge in [-0.05, 0) is 13.8 Å². The molecule has 78 valence electrons.